The quantitative estimate of drug-likeness (QED) is 0.228. The van der Waals surface area contributed by atoms with Gasteiger partial charge in [0.05, 0.1) is 22.7 Å². The Hall–Kier alpha value is -3.08. The monoisotopic (exact) mass is 663 g/mol. The summed E-state index contributed by atoms with van der Waals surface area (Å²) < 4.78 is 35.0. The van der Waals surface area contributed by atoms with Gasteiger partial charge in [0.25, 0.3) is 10.0 Å². The van der Waals surface area contributed by atoms with E-state index < -0.39 is 28.5 Å². The molecule has 0 heterocycles. The third kappa shape index (κ3) is 8.47. The third-order valence-corrected chi connectivity index (χ3v) is 9.13. The van der Waals surface area contributed by atoms with Gasteiger partial charge in [-0.25, -0.2) is 8.42 Å². The molecule has 11 heteroatoms. The molecule has 2 amide bonds. The molecule has 0 aromatic heterocycles. The predicted octanol–water partition coefficient (Wildman–Crippen LogP) is 5.95. The predicted molar refractivity (Wildman–Crippen MR) is 166 cm³/mol. The van der Waals surface area contributed by atoms with Gasteiger partial charge in [-0.1, -0.05) is 70.7 Å². The minimum absolute atomic E-state index is 0.0201. The fourth-order valence-corrected chi connectivity index (χ4v) is 6.23. The summed E-state index contributed by atoms with van der Waals surface area (Å²) in [5.74, 6) is -0.504. The molecular weight excluding hydrogens is 630 g/mol. The molecule has 41 heavy (non-hydrogen) atoms. The van der Waals surface area contributed by atoms with Crippen molar-refractivity contribution in [3.8, 4) is 5.75 Å². The van der Waals surface area contributed by atoms with Crippen LogP contribution in [0.2, 0.25) is 5.02 Å². The second kappa shape index (κ2) is 14.7. The Labute approximate surface area is 255 Å². The van der Waals surface area contributed by atoms with E-state index in [1.54, 1.807) is 25.1 Å². The van der Waals surface area contributed by atoms with Gasteiger partial charge >= 0.3 is 0 Å². The number of hydrogen-bond acceptors (Lipinski definition) is 5. The summed E-state index contributed by atoms with van der Waals surface area (Å²) in [7, 11) is -2.74. The van der Waals surface area contributed by atoms with E-state index in [0.29, 0.717) is 12.3 Å². The number of nitrogens with one attached hydrogen (secondary N) is 1. The first kappa shape index (κ1) is 32.4. The van der Waals surface area contributed by atoms with Crippen LogP contribution in [0.25, 0.3) is 0 Å². The summed E-state index contributed by atoms with van der Waals surface area (Å²) in [4.78, 5) is 28.5. The molecule has 0 aliphatic carbocycles. The molecule has 3 aromatic rings. The van der Waals surface area contributed by atoms with E-state index in [9.17, 15) is 18.0 Å². The van der Waals surface area contributed by atoms with E-state index in [-0.39, 0.29) is 28.1 Å². The van der Waals surface area contributed by atoms with Crippen LogP contribution < -0.4 is 14.4 Å². The van der Waals surface area contributed by atoms with Gasteiger partial charge in [-0.15, -0.1) is 0 Å². The van der Waals surface area contributed by atoms with Crippen molar-refractivity contribution in [2.75, 3.05) is 24.5 Å². The molecule has 1 atom stereocenters. The second-order valence-electron chi connectivity index (χ2n) is 9.62. The number of nitrogens with zero attached hydrogens (tertiary/aromatic N) is 2. The summed E-state index contributed by atoms with van der Waals surface area (Å²) >= 11 is 9.82. The lowest BCUT2D eigenvalue weighted by Crippen LogP contribution is -2.51. The minimum atomic E-state index is -4.20. The number of halogens is 2. The van der Waals surface area contributed by atoms with Gasteiger partial charge in [0.1, 0.15) is 18.3 Å². The lowest BCUT2D eigenvalue weighted by atomic mass is 10.1. The Morgan fingerprint density at radius 3 is 2.39 bits per heavy atom. The molecule has 0 spiro atoms. The summed E-state index contributed by atoms with van der Waals surface area (Å²) in [6.07, 6.45) is 1.71. The van der Waals surface area contributed by atoms with Gasteiger partial charge in [-0.05, 0) is 68.3 Å². The van der Waals surface area contributed by atoms with E-state index in [0.717, 1.165) is 32.7 Å². The van der Waals surface area contributed by atoms with Crippen molar-refractivity contribution in [1.29, 1.82) is 0 Å². The molecule has 0 fully saturated rings. The first-order valence-corrected chi connectivity index (χ1v) is 15.8. The summed E-state index contributed by atoms with van der Waals surface area (Å²) in [5.41, 5.74) is 1.86. The van der Waals surface area contributed by atoms with Crippen LogP contribution in [0.5, 0.6) is 5.75 Å². The molecule has 0 saturated heterocycles. The average molecular weight is 665 g/mol. The van der Waals surface area contributed by atoms with Gasteiger partial charge in [0.15, 0.2) is 0 Å². The average Bonchev–Trinajstić information content (AvgIpc) is 2.94. The Balaban J connectivity index is 2.04. The second-order valence-corrected chi connectivity index (χ2v) is 12.8. The van der Waals surface area contributed by atoms with Crippen LogP contribution in [-0.2, 0) is 26.2 Å². The first-order valence-electron chi connectivity index (χ1n) is 13.2. The standard InChI is InChI=1S/C30H35BrClN3O5S/c1-5-6-16-33-30(37)22(3)34(19-23-8-7-9-24(31)17-23)29(36)20-35(25-12-15-28(40-4)27(32)18-25)41(38,39)26-13-10-21(2)11-14-26/h7-15,17-18,22H,5-6,16,19-20H2,1-4H3,(H,33,37). The Morgan fingerprint density at radius 2 is 1.78 bits per heavy atom. The van der Waals surface area contributed by atoms with Gasteiger partial charge in [0.2, 0.25) is 11.8 Å². The molecule has 8 nitrogen and oxygen atoms in total. The lowest BCUT2D eigenvalue weighted by Gasteiger charge is -2.32. The van der Waals surface area contributed by atoms with Crippen LogP contribution in [0, 0.1) is 6.92 Å². The maximum Gasteiger partial charge on any atom is 0.264 e. The van der Waals surface area contributed by atoms with Crippen molar-refractivity contribution >= 4 is 55.1 Å². The smallest absolute Gasteiger partial charge is 0.264 e. The SMILES string of the molecule is CCCCNC(=O)C(C)N(Cc1cccc(Br)c1)C(=O)CN(c1ccc(OC)c(Cl)c1)S(=O)(=O)c1ccc(C)cc1. The largest absolute Gasteiger partial charge is 0.495 e. The van der Waals surface area contributed by atoms with Crippen molar-refractivity contribution in [3.05, 3.63) is 87.4 Å². The van der Waals surface area contributed by atoms with Crippen LogP contribution in [0.1, 0.15) is 37.8 Å². The van der Waals surface area contributed by atoms with E-state index in [2.05, 4.69) is 21.2 Å². The Morgan fingerprint density at radius 1 is 1.07 bits per heavy atom. The number of hydrogen-bond donors (Lipinski definition) is 1. The van der Waals surface area contributed by atoms with Crippen LogP contribution in [0.15, 0.2) is 76.1 Å². The fraction of sp³-hybridized carbons (Fsp3) is 0.333. The maximum absolute atomic E-state index is 14.0. The number of carbonyl (C=O) groups excluding carboxylic acids is 2. The number of benzene rings is 3. The number of aryl methyl sites for hydroxylation is 1. The number of ether oxygens (including phenoxy) is 1. The maximum atomic E-state index is 14.0. The van der Waals surface area contributed by atoms with Crippen molar-refractivity contribution in [3.63, 3.8) is 0 Å². The van der Waals surface area contributed by atoms with Crippen LogP contribution >= 0.6 is 27.5 Å². The molecule has 0 aliphatic heterocycles. The Bertz CT molecular complexity index is 1470. The molecular formula is C30H35BrClN3O5S. The van der Waals surface area contributed by atoms with Gasteiger partial charge in [-0.3, -0.25) is 13.9 Å². The lowest BCUT2D eigenvalue weighted by molar-refractivity contribution is -0.139. The van der Waals surface area contributed by atoms with E-state index in [4.69, 9.17) is 16.3 Å². The Kier molecular flexibility index (Phi) is 11.6. The van der Waals surface area contributed by atoms with Crippen LogP contribution in [-0.4, -0.2) is 51.4 Å². The summed E-state index contributed by atoms with van der Waals surface area (Å²) in [6.45, 7) is 5.54. The number of carbonyl (C=O) groups is 2. The van der Waals surface area contributed by atoms with Crippen molar-refractivity contribution in [2.24, 2.45) is 0 Å². The fourth-order valence-electron chi connectivity index (χ4n) is 4.13. The van der Waals surface area contributed by atoms with Gasteiger partial charge in [-0.2, -0.15) is 0 Å². The molecule has 0 radical (unpaired) electrons. The zero-order chi connectivity index (χ0) is 30.2. The molecule has 0 bridgehead atoms. The molecule has 220 valence electrons. The van der Waals surface area contributed by atoms with Gasteiger partial charge in [0, 0.05) is 17.6 Å². The molecule has 0 aliphatic rings. The first-order chi connectivity index (χ1) is 19.5. The molecule has 3 rings (SSSR count). The number of sulfonamides is 1. The van der Waals surface area contributed by atoms with Crippen LogP contribution in [0.4, 0.5) is 5.69 Å². The number of amides is 2. The third-order valence-electron chi connectivity index (χ3n) is 6.55. The van der Waals surface area contributed by atoms with Crippen molar-refractivity contribution < 1.29 is 22.7 Å². The summed E-state index contributed by atoms with van der Waals surface area (Å²) in [5, 5.41) is 3.07. The number of anilines is 1. The van der Waals surface area contributed by atoms with Gasteiger partial charge < -0.3 is 15.0 Å². The van der Waals surface area contributed by atoms with E-state index in [1.807, 2.05) is 38.1 Å². The van der Waals surface area contributed by atoms with Crippen LogP contribution in [0.3, 0.4) is 0 Å². The zero-order valence-corrected chi connectivity index (χ0v) is 26.7. The highest BCUT2D eigenvalue weighted by Crippen LogP contribution is 2.32. The highest BCUT2D eigenvalue weighted by molar-refractivity contribution is 9.10. The number of rotatable bonds is 13. The minimum Gasteiger partial charge on any atom is -0.495 e. The van der Waals surface area contributed by atoms with Crippen molar-refractivity contribution in [2.45, 2.75) is 51.1 Å². The van der Waals surface area contributed by atoms with E-state index >= 15 is 0 Å². The topological polar surface area (TPSA) is 96.0 Å². The highest BCUT2D eigenvalue weighted by atomic mass is 79.9. The molecule has 1 N–H and O–H groups in total. The highest BCUT2D eigenvalue weighted by Gasteiger charge is 2.32. The van der Waals surface area contributed by atoms with E-state index in [1.165, 1.54) is 36.3 Å². The number of methoxy groups -OCH3 is 1. The molecule has 1 unspecified atom stereocenters. The summed E-state index contributed by atoms with van der Waals surface area (Å²) in [6, 6.07) is 17.4. The number of unbranched alkanes of at least 4 members (excludes halogenated alkanes) is 1. The normalized spacial score (nSPS) is 12.0. The molecule has 3 aromatic carbocycles. The molecule has 0 saturated carbocycles. The zero-order valence-electron chi connectivity index (χ0n) is 23.6. The van der Waals surface area contributed by atoms with Crippen molar-refractivity contribution in [1.82, 2.24) is 10.2 Å².